The van der Waals surface area contributed by atoms with Gasteiger partial charge in [0.2, 0.25) is 0 Å². The van der Waals surface area contributed by atoms with Crippen LogP contribution in [0.2, 0.25) is 0 Å². The fraction of sp³-hybridized carbons (Fsp3) is 0.0833. The molecule has 4 aromatic rings. The van der Waals surface area contributed by atoms with E-state index < -0.39 is 11.6 Å². The Balaban J connectivity index is 1.64. The van der Waals surface area contributed by atoms with Crippen LogP contribution in [0.4, 0.5) is 20.3 Å². The van der Waals surface area contributed by atoms with Gasteiger partial charge in [0.1, 0.15) is 5.82 Å². The van der Waals surface area contributed by atoms with Crippen molar-refractivity contribution >= 4 is 28.6 Å². The minimum Gasteiger partial charge on any atom is -0.340 e. The van der Waals surface area contributed by atoms with Crippen LogP contribution >= 0.6 is 0 Å². The monoisotopic (exact) mass is 413 g/mol. The van der Waals surface area contributed by atoms with Crippen LogP contribution in [-0.2, 0) is 0 Å². The average molecular weight is 413 g/mol. The molecule has 0 saturated carbocycles. The molecule has 1 unspecified atom stereocenters. The highest BCUT2D eigenvalue weighted by molar-refractivity contribution is 5.93. The van der Waals surface area contributed by atoms with E-state index in [4.69, 9.17) is 4.98 Å². The molecule has 0 radical (unpaired) electrons. The predicted octanol–water partition coefficient (Wildman–Crippen LogP) is 5.44. The zero-order valence-corrected chi connectivity index (χ0v) is 16.3. The number of allylic oxidation sites excluding steroid dienone is 1. The fourth-order valence-electron chi connectivity index (χ4n) is 3.50. The highest BCUT2D eigenvalue weighted by atomic mass is 19.2. The molecular formula is C24H17F2N5. The summed E-state index contributed by atoms with van der Waals surface area (Å²) in [5, 5.41) is 3.91. The Morgan fingerprint density at radius 2 is 1.90 bits per heavy atom. The minimum atomic E-state index is -0.929. The van der Waals surface area contributed by atoms with Gasteiger partial charge >= 0.3 is 0 Å². The molecule has 0 spiro atoms. The Hall–Kier alpha value is -4.00. The van der Waals surface area contributed by atoms with Crippen LogP contribution in [0.3, 0.4) is 0 Å². The smallest absolute Gasteiger partial charge is 0.163 e. The first-order valence-electron chi connectivity index (χ1n) is 9.78. The molecular weight excluding hydrogens is 396 g/mol. The van der Waals surface area contributed by atoms with Crippen LogP contribution in [0, 0.1) is 11.6 Å². The minimum absolute atomic E-state index is 0.156. The van der Waals surface area contributed by atoms with Crippen molar-refractivity contribution in [3.63, 3.8) is 0 Å². The van der Waals surface area contributed by atoms with E-state index in [9.17, 15) is 8.78 Å². The van der Waals surface area contributed by atoms with E-state index in [0.717, 1.165) is 34.2 Å². The van der Waals surface area contributed by atoms with Crippen molar-refractivity contribution in [1.82, 2.24) is 15.0 Å². The van der Waals surface area contributed by atoms with E-state index in [-0.39, 0.29) is 5.92 Å². The number of halogens is 2. The molecule has 5 rings (SSSR count). The van der Waals surface area contributed by atoms with Gasteiger partial charge in [0.15, 0.2) is 17.5 Å². The number of fused-ring (bicyclic) bond motifs is 1. The third-order valence-electron chi connectivity index (χ3n) is 5.09. The van der Waals surface area contributed by atoms with Gasteiger partial charge in [-0.25, -0.2) is 18.7 Å². The summed E-state index contributed by atoms with van der Waals surface area (Å²) in [4.78, 5) is 17.8. The van der Waals surface area contributed by atoms with Crippen molar-refractivity contribution in [3.8, 4) is 11.4 Å². The van der Waals surface area contributed by atoms with E-state index in [1.54, 1.807) is 18.6 Å². The van der Waals surface area contributed by atoms with Crippen LogP contribution in [0.25, 0.3) is 22.3 Å². The van der Waals surface area contributed by atoms with Gasteiger partial charge in [-0.1, -0.05) is 12.1 Å². The van der Waals surface area contributed by atoms with Crippen LogP contribution in [0.5, 0.6) is 0 Å². The molecule has 0 fully saturated rings. The highest BCUT2D eigenvalue weighted by Crippen LogP contribution is 2.31. The van der Waals surface area contributed by atoms with Gasteiger partial charge in [-0.3, -0.25) is 9.98 Å². The number of aliphatic imine (C=N–C) groups is 1. The molecule has 0 bridgehead atoms. The Kier molecular flexibility index (Phi) is 4.92. The van der Waals surface area contributed by atoms with Gasteiger partial charge < -0.3 is 5.32 Å². The third kappa shape index (κ3) is 3.90. The van der Waals surface area contributed by atoms with E-state index >= 15 is 0 Å². The molecule has 3 heterocycles. The largest absolute Gasteiger partial charge is 0.340 e. The molecule has 5 nitrogen and oxygen atoms in total. The standard InChI is InChI=1S/C24H17F2N5/c25-20-7-6-18(12-21(20)26)29-24-19-11-15(16-3-1-9-27-13-16)5-8-22(19)30-23(31-24)17-4-2-10-28-14-17/h1-12,14,16H,13H2,(H,29,30,31). The molecule has 0 amide bonds. The molecule has 1 atom stereocenters. The second-order valence-electron chi connectivity index (χ2n) is 7.17. The van der Waals surface area contributed by atoms with Crippen molar-refractivity contribution in [2.45, 2.75) is 5.92 Å². The van der Waals surface area contributed by atoms with E-state index in [1.165, 1.54) is 6.07 Å². The zero-order valence-electron chi connectivity index (χ0n) is 16.3. The number of nitrogens with zero attached hydrogens (tertiary/aromatic N) is 4. The summed E-state index contributed by atoms with van der Waals surface area (Å²) in [6, 6.07) is 13.3. The Bertz CT molecular complexity index is 1320. The maximum atomic E-state index is 13.8. The summed E-state index contributed by atoms with van der Waals surface area (Å²) in [6.07, 6.45) is 9.18. The van der Waals surface area contributed by atoms with Crippen molar-refractivity contribution in [2.75, 3.05) is 11.9 Å². The molecule has 31 heavy (non-hydrogen) atoms. The van der Waals surface area contributed by atoms with Gasteiger partial charge in [0.05, 0.1) is 5.52 Å². The molecule has 0 saturated heterocycles. The third-order valence-corrected chi connectivity index (χ3v) is 5.09. The summed E-state index contributed by atoms with van der Waals surface area (Å²) in [5.74, 6) is -0.688. The molecule has 1 aliphatic rings. The number of hydrogen-bond donors (Lipinski definition) is 1. The van der Waals surface area contributed by atoms with Crippen molar-refractivity contribution in [1.29, 1.82) is 0 Å². The number of nitrogens with one attached hydrogen (secondary N) is 1. The van der Waals surface area contributed by atoms with Crippen LogP contribution < -0.4 is 5.32 Å². The molecule has 1 aliphatic heterocycles. The molecule has 1 N–H and O–H groups in total. The summed E-state index contributed by atoms with van der Waals surface area (Å²) in [5.41, 5.74) is 2.95. The SMILES string of the molecule is Fc1ccc(Nc2nc(-c3cccnc3)nc3ccc(C4C=CC=NC4)cc23)cc1F. The number of aromatic nitrogens is 3. The highest BCUT2D eigenvalue weighted by Gasteiger charge is 2.15. The summed E-state index contributed by atoms with van der Waals surface area (Å²) < 4.78 is 27.2. The maximum Gasteiger partial charge on any atom is 0.163 e. The molecule has 7 heteroatoms. The maximum absolute atomic E-state index is 13.8. The van der Waals surface area contributed by atoms with Gasteiger partial charge in [0, 0.05) is 53.8 Å². The van der Waals surface area contributed by atoms with Gasteiger partial charge in [-0.05, 0) is 48.0 Å². The number of hydrogen-bond acceptors (Lipinski definition) is 5. The molecule has 0 aliphatic carbocycles. The number of benzene rings is 2. The Labute approximate surface area is 177 Å². The molecule has 152 valence electrons. The number of pyridine rings is 1. The Morgan fingerprint density at radius 3 is 2.68 bits per heavy atom. The Morgan fingerprint density at radius 1 is 0.968 bits per heavy atom. The van der Waals surface area contributed by atoms with Crippen molar-refractivity contribution in [3.05, 3.63) is 90.3 Å². The second-order valence-corrected chi connectivity index (χ2v) is 7.17. The lowest BCUT2D eigenvalue weighted by Gasteiger charge is -2.16. The predicted molar refractivity (Wildman–Crippen MR) is 118 cm³/mol. The first kappa shape index (κ1) is 19.0. The van der Waals surface area contributed by atoms with Crippen molar-refractivity contribution in [2.24, 2.45) is 4.99 Å². The number of anilines is 2. The van der Waals surface area contributed by atoms with E-state index in [1.807, 2.05) is 36.4 Å². The van der Waals surface area contributed by atoms with Crippen LogP contribution in [0.1, 0.15) is 11.5 Å². The average Bonchev–Trinajstić information content (AvgIpc) is 2.82. The lowest BCUT2D eigenvalue weighted by atomic mass is 9.96. The van der Waals surface area contributed by atoms with Gasteiger partial charge in [-0.2, -0.15) is 0 Å². The lowest BCUT2D eigenvalue weighted by Crippen LogP contribution is -2.05. The summed E-state index contributed by atoms with van der Waals surface area (Å²) in [6.45, 7) is 0.669. The second kappa shape index (κ2) is 8.02. The summed E-state index contributed by atoms with van der Waals surface area (Å²) in [7, 11) is 0. The first-order valence-corrected chi connectivity index (χ1v) is 9.78. The lowest BCUT2D eigenvalue weighted by molar-refractivity contribution is 0.509. The summed E-state index contributed by atoms with van der Waals surface area (Å²) >= 11 is 0. The molecule has 2 aromatic heterocycles. The van der Waals surface area contributed by atoms with Crippen molar-refractivity contribution < 1.29 is 8.78 Å². The van der Waals surface area contributed by atoms with E-state index in [2.05, 4.69) is 26.4 Å². The van der Waals surface area contributed by atoms with Gasteiger partial charge in [-0.15, -0.1) is 0 Å². The zero-order chi connectivity index (χ0) is 21.2. The first-order chi connectivity index (χ1) is 15.2. The number of rotatable bonds is 4. The number of dihydropyridines is 1. The van der Waals surface area contributed by atoms with Crippen LogP contribution in [0.15, 0.2) is 78.1 Å². The van der Waals surface area contributed by atoms with Crippen LogP contribution in [-0.4, -0.2) is 27.7 Å². The molecule has 2 aromatic carbocycles. The van der Waals surface area contributed by atoms with E-state index in [0.29, 0.717) is 23.9 Å². The van der Waals surface area contributed by atoms with Gasteiger partial charge in [0.25, 0.3) is 0 Å². The topological polar surface area (TPSA) is 63.1 Å². The normalized spacial score (nSPS) is 15.4. The quantitative estimate of drug-likeness (QED) is 0.484. The fourth-order valence-corrected chi connectivity index (χ4v) is 3.50.